The summed E-state index contributed by atoms with van der Waals surface area (Å²) in [4.78, 5) is 0. The van der Waals surface area contributed by atoms with Gasteiger partial charge in [-0.25, -0.2) is 0 Å². The molecule has 0 amide bonds. The SMILES string of the molecule is CCCCCC1C=C2CC(CCCCCOC)C=CC2CC1CCCCC. The van der Waals surface area contributed by atoms with Crippen molar-refractivity contribution in [2.24, 2.45) is 23.7 Å². The summed E-state index contributed by atoms with van der Waals surface area (Å²) in [6.07, 6.45) is 27.3. The summed E-state index contributed by atoms with van der Waals surface area (Å²) in [5, 5.41) is 0. The highest BCUT2D eigenvalue weighted by molar-refractivity contribution is 5.24. The monoisotopic (exact) mass is 374 g/mol. The average Bonchev–Trinajstić information content (AvgIpc) is 2.68. The molecule has 0 N–H and O–H groups in total. The van der Waals surface area contributed by atoms with Crippen molar-refractivity contribution in [3.05, 3.63) is 23.8 Å². The predicted octanol–water partition coefficient (Wildman–Crippen LogP) is 8.11. The van der Waals surface area contributed by atoms with E-state index in [2.05, 4.69) is 32.1 Å². The molecule has 0 saturated carbocycles. The van der Waals surface area contributed by atoms with Gasteiger partial charge in [-0.3, -0.25) is 0 Å². The highest BCUT2D eigenvalue weighted by atomic mass is 16.5. The van der Waals surface area contributed by atoms with Gasteiger partial charge in [-0.2, -0.15) is 0 Å². The van der Waals surface area contributed by atoms with Gasteiger partial charge in [0.2, 0.25) is 0 Å². The van der Waals surface area contributed by atoms with Gasteiger partial charge in [0.25, 0.3) is 0 Å². The van der Waals surface area contributed by atoms with Crippen molar-refractivity contribution in [1.29, 1.82) is 0 Å². The fourth-order valence-corrected chi connectivity index (χ4v) is 5.24. The van der Waals surface area contributed by atoms with Crippen LogP contribution in [0.1, 0.15) is 104 Å². The van der Waals surface area contributed by atoms with Gasteiger partial charge in [0, 0.05) is 13.7 Å². The Morgan fingerprint density at radius 1 is 0.852 bits per heavy atom. The molecule has 0 saturated heterocycles. The minimum absolute atomic E-state index is 0.767. The van der Waals surface area contributed by atoms with E-state index in [9.17, 15) is 0 Å². The number of methoxy groups -OCH3 is 1. The minimum Gasteiger partial charge on any atom is -0.385 e. The maximum Gasteiger partial charge on any atom is 0.0462 e. The second kappa shape index (κ2) is 13.6. The van der Waals surface area contributed by atoms with Crippen LogP contribution in [0.2, 0.25) is 0 Å². The smallest absolute Gasteiger partial charge is 0.0462 e. The molecule has 0 aromatic carbocycles. The normalized spacial score (nSPS) is 27.4. The van der Waals surface area contributed by atoms with E-state index in [1.54, 1.807) is 5.57 Å². The number of allylic oxidation sites excluding steroid dienone is 4. The lowest BCUT2D eigenvalue weighted by molar-refractivity contribution is 0.191. The van der Waals surface area contributed by atoms with Crippen LogP contribution in [0.15, 0.2) is 23.8 Å². The molecular weight excluding hydrogens is 328 g/mol. The van der Waals surface area contributed by atoms with Gasteiger partial charge in [0.1, 0.15) is 0 Å². The van der Waals surface area contributed by atoms with Crippen molar-refractivity contribution in [2.45, 2.75) is 104 Å². The zero-order chi connectivity index (χ0) is 19.3. The lowest BCUT2D eigenvalue weighted by Crippen LogP contribution is -2.26. The van der Waals surface area contributed by atoms with Gasteiger partial charge in [-0.05, 0) is 62.2 Å². The Balaban J connectivity index is 1.88. The third-order valence-corrected chi connectivity index (χ3v) is 6.92. The molecule has 0 heterocycles. The van der Waals surface area contributed by atoms with E-state index in [0.29, 0.717) is 0 Å². The van der Waals surface area contributed by atoms with Crippen molar-refractivity contribution in [3.63, 3.8) is 0 Å². The number of rotatable bonds is 14. The molecule has 0 bridgehead atoms. The molecule has 0 fully saturated rings. The maximum atomic E-state index is 5.18. The Morgan fingerprint density at radius 2 is 1.59 bits per heavy atom. The van der Waals surface area contributed by atoms with Crippen molar-refractivity contribution in [1.82, 2.24) is 0 Å². The third-order valence-electron chi connectivity index (χ3n) is 6.92. The summed E-state index contributed by atoms with van der Waals surface area (Å²) in [6.45, 7) is 5.58. The molecule has 4 unspecified atom stereocenters. The van der Waals surface area contributed by atoms with Crippen LogP contribution in [0.4, 0.5) is 0 Å². The van der Waals surface area contributed by atoms with Crippen LogP contribution in [0.3, 0.4) is 0 Å². The molecule has 0 radical (unpaired) electrons. The first-order valence-corrected chi connectivity index (χ1v) is 12.2. The quantitative estimate of drug-likeness (QED) is 0.220. The van der Waals surface area contributed by atoms with Crippen LogP contribution >= 0.6 is 0 Å². The second-order valence-electron chi connectivity index (χ2n) is 9.19. The summed E-state index contributed by atoms with van der Waals surface area (Å²) in [5.41, 5.74) is 1.80. The van der Waals surface area contributed by atoms with Crippen molar-refractivity contribution >= 4 is 0 Å². The molecule has 156 valence electrons. The molecule has 0 aromatic heterocycles. The van der Waals surface area contributed by atoms with E-state index in [1.165, 1.54) is 89.9 Å². The van der Waals surface area contributed by atoms with Crippen LogP contribution in [-0.2, 0) is 4.74 Å². The molecule has 4 atom stereocenters. The summed E-state index contributed by atoms with van der Waals surface area (Å²) in [7, 11) is 1.81. The molecule has 2 aliphatic rings. The van der Waals surface area contributed by atoms with Gasteiger partial charge in [0.15, 0.2) is 0 Å². The van der Waals surface area contributed by atoms with E-state index in [4.69, 9.17) is 4.74 Å². The minimum atomic E-state index is 0.767. The molecule has 27 heavy (non-hydrogen) atoms. The van der Waals surface area contributed by atoms with Crippen molar-refractivity contribution < 1.29 is 4.74 Å². The average molecular weight is 375 g/mol. The largest absolute Gasteiger partial charge is 0.385 e. The zero-order valence-corrected chi connectivity index (χ0v) is 18.6. The molecule has 1 heteroatoms. The van der Waals surface area contributed by atoms with Crippen LogP contribution < -0.4 is 0 Å². The summed E-state index contributed by atoms with van der Waals surface area (Å²) < 4.78 is 5.18. The fourth-order valence-electron chi connectivity index (χ4n) is 5.24. The summed E-state index contributed by atoms with van der Waals surface area (Å²) in [5.74, 6) is 3.37. The van der Waals surface area contributed by atoms with Crippen LogP contribution in [0, 0.1) is 23.7 Å². The lowest BCUT2D eigenvalue weighted by Gasteiger charge is -2.38. The fraction of sp³-hybridized carbons (Fsp3) is 0.846. The predicted molar refractivity (Wildman–Crippen MR) is 119 cm³/mol. The number of ether oxygens (including phenoxy) is 1. The lowest BCUT2D eigenvalue weighted by atomic mass is 9.67. The Hall–Kier alpha value is -0.560. The van der Waals surface area contributed by atoms with Crippen molar-refractivity contribution in [2.75, 3.05) is 13.7 Å². The molecule has 2 rings (SSSR count). The van der Waals surface area contributed by atoms with E-state index >= 15 is 0 Å². The summed E-state index contributed by atoms with van der Waals surface area (Å²) >= 11 is 0. The highest BCUT2D eigenvalue weighted by Crippen LogP contribution is 2.44. The number of hydrogen-bond acceptors (Lipinski definition) is 1. The molecule has 2 aliphatic carbocycles. The maximum absolute atomic E-state index is 5.18. The molecule has 0 aromatic rings. The summed E-state index contributed by atoms with van der Waals surface area (Å²) in [6, 6.07) is 0. The molecule has 0 aliphatic heterocycles. The van der Waals surface area contributed by atoms with Crippen LogP contribution in [0.5, 0.6) is 0 Å². The number of hydrogen-bond donors (Lipinski definition) is 0. The Kier molecular flexibility index (Phi) is 11.4. The van der Waals surface area contributed by atoms with E-state index in [-0.39, 0.29) is 0 Å². The number of unbranched alkanes of at least 4 members (excludes halogenated alkanes) is 6. The second-order valence-corrected chi connectivity index (χ2v) is 9.19. The molecule has 0 spiro atoms. The van der Waals surface area contributed by atoms with Crippen LogP contribution in [-0.4, -0.2) is 13.7 Å². The Bertz CT molecular complexity index is 435. The van der Waals surface area contributed by atoms with Gasteiger partial charge in [-0.15, -0.1) is 0 Å². The van der Waals surface area contributed by atoms with Gasteiger partial charge >= 0.3 is 0 Å². The molecular formula is C26H46O. The third kappa shape index (κ3) is 8.14. The first kappa shape index (κ1) is 22.7. The Morgan fingerprint density at radius 3 is 2.33 bits per heavy atom. The molecule has 1 nitrogen and oxygen atoms in total. The van der Waals surface area contributed by atoms with Crippen molar-refractivity contribution in [3.8, 4) is 0 Å². The van der Waals surface area contributed by atoms with E-state index in [0.717, 1.165) is 30.3 Å². The van der Waals surface area contributed by atoms with Gasteiger partial charge in [-0.1, -0.05) is 89.0 Å². The standard InChI is InChI=1S/C26H46O/c1-4-6-9-14-23-20-25-17-16-22(13-11-8-12-18-27-3)19-26(25)21-24(23)15-10-7-5-2/h16-17,21-25H,4-15,18-20H2,1-3H3. The van der Waals surface area contributed by atoms with E-state index in [1.807, 2.05) is 7.11 Å². The zero-order valence-electron chi connectivity index (χ0n) is 18.6. The first-order valence-electron chi connectivity index (χ1n) is 12.2. The topological polar surface area (TPSA) is 9.23 Å². The van der Waals surface area contributed by atoms with Gasteiger partial charge in [0.05, 0.1) is 0 Å². The van der Waals surface area contributed by atoms with Crippen LogP contribution in [0.25, 0.3) is 0 Å². The van der Waals surface area contributed by atoms with Gasteiger partial charge < -0.3 is 4.74 Å². The highest BCUT2D eigenvalue weighted by Gasteiger charge is 2.31. The van der Waals surface area contributed by atoms with E-state index < -0.39 is 0 Å². The first-order chi connectivity index (χ1) is 13.3. The Labute approximate surface area is 170 Å². The number of fused-ring (bicyclic) bond motifs is 1.